The molecular weight excluding hydrogens is 206 g/mol. The molecule has 0 saturated carbocycles. The number of aromatic hydroxyl groups is 1. The molecule has 1 amide bonds. The zero-order valence-electron chi connectivity index (χ0n) is 9.80. The summed E-state index contributed by atoms with van der Waals surface area (Å²) in [4.78, 5) is 13.2. The third-order valence-corrected chi connectivity index (χ3v) is 2.38. The van der Waals surface area contributed by atoms with Gasteiger partial charge in [0.05, 0.1) is 0 Å². The second-order valence-electron chi connectivity index (χ2n) is 3.85. The number of amides is 1. The molecule has 1 N–H and O–H groups in total. The number of nitrogens with zero attached hydrogens (tertiary/aromatic N) is 1. The summed E-state index contributed by atoms with van der Waals surface area (Å²) in [7, 11) is 1.72. The van der Waals surface area contributed by atoms with Crippen molar-refractivity contribution in [2.75, 3.05) is 13.7 Å². The molecule has 0 aromatic heterocycles. The van der Waals surface area contributed by atoms with Crippen molar-refractivity contribution < 1.29 is 14.6 Å². The fourth-order valence-electron chi connectivity index (χ4n) is 1.11. The number of carbonyl (C=O) groups is 1. The van der Waals surface area contributed by atoms with Crippen LogP contribution in [0.25, 0.3) is 0 Å². The normalized spacial score (nSPS) is 10.2. The van der Waals surface area contributed by atoms with E-state index >= 15 is 0 Å². The van der Waals surface area contributed by atoms with Crippen LogP contribution in [-0.4, -0.2) is 35.6 Å². The van der Waals surface area contributed by atoms with E-state index in [1.165, 1.54) is 6.07 Å². The van der Waals surface area contributed by atoms with Crippen LogP contribution in [0.1, 0.15) is 13.8 Å². The van der Waals surface area contributed by atoms with Crippen LogP contribution in [0.4, 0.5) is 0 Å². The minimum Gasteiger partial charge on any atom is -0.504 e. The van der Waals surface area contributed by atoms with Crippen LogP contribution in [0.2, 0.25) is 0 Å². The highest BCUT2D eigenvalue weighted by Crippen LogP contribution is 2.24. The number of benzene rings is 1. The molecule has 1 rings (SSSR count). The molecule has 0 aliphatic rings. The lowest BCUT2D eigenvalue weighted by Gasteiger charge is -2.21. The lowest BCUT2D eigenvalue weighted by Crippen LogP contribution is -2.36. The Labute approximate surface area is 95.5 Å². The molecule has 16 heavy (non-hydrogen) atoms. The van der Waals surface area contributed by atoms with Crippen molar-refractivity contribution in [3.8, 4) is 11.5 Å². The van der Waals surface area contributed by atoms with Crippen molar-refractivity contribution in [2.24, 2.45) is 0 Å². The van der Waals surface area contributed by atoms with Gasteiger partial charge in [0.15, 0.2) is 18.1 Å². The summed E-state index contributed by atoms with van der Waals surface area (Å²) in [5, 5.41) is 9.42. The van der Waals surface area contributed by atoms with E-state index in [4.69, 9.17) is 4.74 Å². The van der Waals surface area contributed by atoms with Crippen molar-refractivity contribution in [1.82, 2.24) is 4.90 Å². The Morgan fingerprint density at radius 3 is 2.62 bits per heavy atom. The van der Waals surface area contributed by atoms with Crippen molar-refractivity contribution >= 4 is 5.91 Å². The number of hydrogen-bond donors (Lipinski definition) is 1. The summed E-state index contributed by atoms with van der Waals surface area (Å²) in [6.45, 7) is 3.79. The van der Waals surface area contributed by atoms with Gasteiger partial charge >= 0.3 is 0 Å². The summed E-state index contributed by atoms with van der Waals surface area (Å²) < 4.78 is 5.23. The summed E-state index contributed by atoms with van der Waals surface area (Å²) in [5.41, 5.74) is 0. The molecule has 0 radical (unpaired) electrons. The van der Waals surface area contributed by atoms with Crippen LogP contribution >= 0.6 is 0 Å². The number of hydrogen-bond acceptors (Lipinski definition) is 3. The van der Waals surface area contributed by atoms with E-state index in [2.05, 4.69) is 0 Å². The third kappa shape index (κ3) is 3.15. The number of phenols is 1. The van der Waals surface area contributed by atoms with Gasteiger partial charge in [-0.05, 0) is 26.0 Å². The predicted molar refractivity (Wildman–Crippen MR) is 61.5 cm³/mol. The Hall–Kier alpha value is -1.71. The molecular formula is C12H17NO3. The first-order valence-corrected chi connectivity index (χ1v) is 5.19. The molecule has 0 unspecified atom stereocenters. The van der Waals surface area contributed by atoms with Gasteiger partial charge < -0.3 is 14.7 Å². The number of rotatable bonds is 4. The minimum absolute atomic E-state index is 0.0440. The summed E-state index contributed by atoms with van der Waals surface area (Å²) in [6, 6.07) is 6.72. The largest absolute Gasteiger partial charge is 0.504 e. The van der Waals surface area contributed by atoms with Crippen LogP contribution in [0.15, 0.2) is 24.3 Å². The maximum Gasteiger partial charge on any atom is 0.260 e. The monoisotopic (exact) mass is 223 g/mol. The lowest BCUT2D eigenvalue weighted by atomic mass is 10.3. The smallest absolute Gasteiger partial charge is 0.260 e. The zero-order chi connectivity index (χ0) is 12.1. The van der Waals surface area contributed by atoms with Gasteiger partial charge in [-0.3, -0.25) is 4.79 Å². The molecule has 0 saturated heterocycles. The standard InChI is InChI=1S/C12H17NO3/c1-9(2)13(3)12(15)8-16-11-7-5-4-6-10(11)14/h4-7,9,14H,8H2,1-3H3. The molecule has 0 fully saturated rings. The van der Waals surface area contributed by atoms with Gasteiger partial charge in [0, 0.05) is 13.1 Å². The van der Waals surface area contributed by atoms with Crippen molar-refractivity contribution in [2.45, 2.75) is 19.9 Å². The van der Waals surface area contributed by atoms with Crippen LogP contribution in [0.5, 0.6) is 11.5 Å². The third-order valence-electron chi connectivity index (χ3n) is 2.38. The number of likely N-dealkylation sites (N-methyl/N-ethyl adjacent to an activating group) is 1. The van der Waals surface area contributed by atoms with E-state index in [-0.39, 0.29) is 24.3 Å². The van der Waals surface area contributed by atoms with E-state index in [9.17, 15) is 9.90 Å². The first kappa shape index (κ1) is 12.4. The van der Waals surface area contributed by atoms with Gasteiger partial charge in [-0.25, -0.2) is 0 Å². The van der Waals surface area contributed by atoms with Gasteiger partial charge in [-0.1, -0.05) is 12.1 Å². The highest BCUT2D eigenvalue weighted by Gasteiger charge is 2.13. The van der Waals surface area contributed by atoms with Gasteiger partial charge in [-0.2, -0.15) is 0 Å². The average Bonchev–Trinajstić information content (AvgIpc) is 2.26. The van der Waals surface area contributed by atoms with E-state index < -0.39 is 0 Å². The molecule has 0 aliphatic heterocycles. The molecule has 88 valence electrons. The van der Waals surface area contributed by atoms with Gasteiger partial charge in [0.25, 0.3) is 5.91 Å². The Kier molecular flexibility index (Phi) is 4.17. The molecule has 4 nitrogen and oxygen atoms in total. The van der Waals surface area contributed by atoms with Crippen molar-refractivity contribution in [3.63, 3.8) is 0 Å². The van der Waals surface area contributed by atoms with E-state index in [1.54, 1.807) is 30.1 Å². The first-order valence-electron chi connectivity index (χ1n) is 5.19. The first-order chi connectivity index (χ1) is 7.52. The van der Waals surface area contributed by atoms with Gasteiger partial charge in [-0.15, -0.1) is 0 Å². The summed E-state index contributed by atoms with van der Waals surface area (Å²) >= 11 is 0. The molecule has 0 bridgehead atoms. The average molecular weight is 223 g/mol. The Balaban J connectivity index is 2.52. The summed E-state index contributed by atoms with van der Waals surface area (Å²) in [6.07, 6.45) is 0. The molecule has 0 aliphatic carbocycles. The minimum atomic E-state index is -0.113. The Morgan fingerprint density at radius 1 is 1.44 bits per heavy atom. The predicted octanol–water partition coefficient (Wildman–Crippen LogP) is 1.64. The molecule has 0 spiro atoms. The lowest BCUT2D eigenvalue weighted by molar-refractivity contribution is -0.133. The molecule has 1 aromatic rings. The second-order valence-corrected chi connectivity index (χ2v) is 3.85. The van der Waals surface area contributed by atoms with E-state index in [1.807, 2.05) is 13.8 Å². The highest BCUT2D eigenvalue weighted by molar-refractivity contribution is 5.77. The van der Waals surface area contributed by atoms with Crippen LogP contribution in [0.3, 0.4) is 0 Å². The van der Waals surface area contributed by atoms with E-state index in [0.717, 1.165) is 0 Å². The molecule has 0 atom stereocenters. The molecule has 0 heterocycles. The number of phenolic OH excluding ortho intramolecular Hbond substituents is 1. The summed E-state index contributed by atoms with van der Waals surface area (Å²) in [5.74, 6) is 0.258. The van der Waals surface area contributed by atoms with Crippen molar-refractivity contribution in [1.29, 1.82) is 0 Å². The van der Waals surface area contributed by atoms with Crippen LogP contribution in [-0.2, 0) is 4.79 Å². The number of ether oxygens (including phenoxy) is 1. The second kappa shape index (κ2) is 5.39. The number of para-hydroxylation sites is 2. The van der Waals surface area contributed by atoms with Crippen LogP contribution < -0.4 is 4.74 Å². The number of carbonyl (C=O) groups excluding carboxylic acids is 1. The van der Waals surface area contributed by atoms with Gasteiger partial charge in [0.1, 0.15) is 0 Å². The van der Waals surface area contributed by atoms with Crippen LogP contribution in [0, 0.1) is 0 Å². The molecule has 4 heteroatoms. The zero-order valence-corrected chi connectivity index (χ0v) is 9.80. The SMILES string of the molecule is CC(C)N(C)C(=O)COc1ccccc1O. The quantitative estimate of drug-likeness (QED) is 0.844. The Bertz CT molecular complexity index is 363. The topological polar surface area (TPSA) is 49.8 Å². The van der Waals surface area contributed by atoms with Gasteiger partial charge in [0.2, 0.25) is 0 Å². The Morgan fingerprint density at radius 2 is 2.06 bits per heavy atom. The van der Waals surface area contributed by atoms with Crippen molar-refractivity contribution in [3.05, 3.63) is 24.3 Å². The fraction of sp³-hybridized carbons (Fsp3) is 0.417. The molecule has 1 aromatic carbocycles. The fourth-order valence-corrected chi connectivity index (χ4v) is 1.11. The highest BCUT2D eigenvalue weighted by atomic mass is 16.5. The van der Waals surface area contributed by atoms with E-state index in [0.29, 0.717) is 5.75 Å². The maximum atomic E-state index is 11.6. The maximum absolute atomic E-state index is 11.6.